The fourth-order valence-electron chi connectivity index (χ4n) is 1.82. The maximum Gasteiger partial charge on any atom is 0.104 e. The minimum absolute atomic E-state index is 0.276. The van der Waals surface area contributed by atoms with E-state index in [-0.39, 0.29) is 5.54 Å². The van der Waals surface area contributed by atoms with Crippen LogP contribution >= 0.6 is 0 Å². The Morgan fingerprint density at radius 3 is 2.90 bits per heavy atom. The highest BCUT2D eigenvalue weighted by molar-refractivity contribution is 5.01. The van der Waals surface area contributed by atoms with Gasteiger partial charge in [-0.15, -0.1) is 0 Å². The minimum atomic E-state index is 0.276. The Hall–Kier alpha value is -0.0800. The highest BCUT2D eigenvalue weighted by Crippen LogP contribution is 2.30. The van der Waals surface area contributed by atoms with E-state index < -0.39 is 0 Å². The lowest BCUT2D eigenvalue weighted by molar-refractivity contribution is 0.222. The first-order valence-corrected chi connectivity index (χ1v) is 4.12. The molecule has 0 aromatic carbocycles. The molecule has 2 rings (SSSR count). The van der Waals surface area contributed by atoms with Gasteiger partial charge in [0.1, 0.15) is 6.61 Å². The summed E-state index contributed by atoms with van der Waals surface area (Å²) in [4.78, 5) is 0. The van der Waals surface area contributed by atoms with Crippen LogP contribution in [0.2, 0.25) is 0 Å². The fourth-order valence-corrected chi connectivity index (χ4v) is 1.82. The normalized spacial score (nSPS) is 40.8. The first kappa shape index (κ1) is 6.62. The van der Waals surface area contributed by atoms with Crippen LogP contribution in [0.1, 0.15) is 25.7 Å². The van der Waals surface area contributed by atoms with Gasteiger partial charge in [-0.3, -0.25) is 0 Å². The summed E-state index contributed by atoms with van der Waals surface area (Å²) < 4.78 is 5.25. The average molecular weight is 140 g/mol. The molecular weight excluding hydrogens is 126 g/mol. The van der Waals surface area contributed by atoms with Crippen LogP contribution in [0.15, 0.2) is 0 Å². The molecule has 0 aromatic rings. The summed E-state index contributed by atoms with van der Waals surface area (Å²) in [5.41, 5.74) is 0.276. The van der Waals surface area contributed by atoms with E-state index in [0.717, 1.165) is 6.61 Å². The molecule has 1 unspecified atom stereocenters. The van der Waals surface area contributed by atoms with Crippen LogP contribution in [0.25, 0.3) is 0 Å². The van der Waals surface area contributed by atoms with Gasteiger partial charge in [0.15, 0.2) is 0 Å². The van der Waals surface area contributed by atoms with Gasteiger partial charge < -0.3 is 10.1 Å². The molecule has 2 fully saturated rings. The Morgan fingerprint density at radius 2 is 2.30 bits per heavy atom. The van der Waals surface area contributed by atoms with Gasteiger partial charge >= 0.3 is 0 Å². The lowest BCUT2D eigenvalue weighted by Gasteiger charge is -2.32. The van der Waals surface area contributed by atoms with Gasteiger partial charge in [-0.25, -0.2) is 0 Å². The fraction of sp³-hybridized carbons (Fsp3) is 0.875. The zero-order chi connectivity index (χ0) is 6.86. The molecule has 2 heterocycles. The van der Waals surface area contributed by atoms with Crippen LogP contribution in [-0.4, -0.2) is 18.7 Å². The molecule has 2 heteroatoms. The largest absolute Gasteiger partial charge is 0.373 e. The summed E-state index contributed by atoms with van der Waals surface area (Å²) in [6.07, 6.45) is 5.13. The van der Waals surface area contributed by atoms with E-state index >= 15 is 0 Å². The molecule has 0 saturated carbocycles. The van der Waals surface area contributed by atoms with Crippen molar-refractivity contribution in [3.8, 4) is 0 Å². The van der Waals surface area contributed by atoms with Crippen molar-refractivity contribution in [2.45, 2.75) is 31.2 Å². The van der Waals surface area contributed by atoms with Crippen molar-refractivity contribution >= 4 is 0 Å². The van der Waals surface area contributed by atoms with E-state index in [0.29, 0.717) is 0 Å². The van der Waals surface area contributed by atoms with Crippen LogP contribution in [0, 0.1) is 6.61 Å². The lowest BCUT2D eigenvalue weighted by atomic mass is 9.88. The van der Waals surface area contributed by atoms with Gasteiger partial charge in [0.2, 0.25) is 0 Å². The van der Waals surface area contributed by atoms with Crippen molar-refractivity contribution in [2.75, 3.05) is 13.2 Å². The molecule has 1 atom stereocenters. The smallest absolute Gasteiger partial charge is 0.104 e. The molecule has 1 radical (unpaired) electrons. The van der Waals surface area contributed by atoms with Crippen LogP contribution in [0.3, 0.4) is 0 Å². The molecule has 10 heavy (non-hydrogen) atoms. The molecule has 2 nitrogen and oxygen atoms in total. The SMILES string of the molecule is [CH]1OCCC12CCCCN2. The Balaban J connectivity index is 1.98. The van der Waals surface area contributed by atoms with Crippen LogP contribution < -0.4 is 5.32 Å². The van der Waals surface area contributed by atoms with Gasteiger partial charge in [-0.05, 0) is 25.8 Å². The number of nitrogens with one attached hydrogen (secondary N) is 1. The summed E-state index contributed by atoms with van der Waals surface area (Å²) in [6.45, 7) is 4.08. The Kier molecular flexibility index (Phi) is 1.66. The van der Waals surface area contributed by atoms with Crippen molar-refractivity contribution in [1.82, 2.24) is 5.32 Å². The molecule has 2 saturated heterocycles. The Morgan fingerprint density at radius 1 is 1.30 bits per heavy atom. The third kappa shape index (κ3) is 1.06. The third-order valence-corrected chi connectivity index (χ3v) is 2.50. The van der Waals surface area contributed by atoms with E-state index in [1.165, 1.54) is 32.2 Å². The van der Waals surface area contributed by atoms with Gasteiger partial charge in [0.05, 0.1) is 0 Å². The molecule has 2 aliphatic rings. The number of piperidine rings is 1. The average Bonchev–Trinajstić information content (AvgIpc) is 2.39. The number of hydrogen-bond donors (Lipinski definition) is 1. The minimum Gasteiger partial charge on any atom is -0.373 e. The summed E-state index contributed by atoms with van der Waals surface area (Å²) in [7, 11) is 0. The van der Waals surface area contributed by atoms with Crippen molar-refractivity contribution < 1.29 is 4.74 Å². The van der Waals surface area contributed by atoms with E-state index in [1.54, 1.807) is 0 Å². The highest BCUT2D eigenvalue weighted by Gasteiger charge is 2.35. The number of rotatable bonds is 0. The molecule has 0 bridgehead atoms. The first-order chi connectivity index (χ1) is 4.91. The molecule has 0 aliphatic carbocycles. The molecular formula is C8H14NO. The first-order valence-electron chi connectivity index (χ1n) is 4.12. The van der Waals surface area contributed by atoms with E-state index in [2.05, 4.69) is 5.32 Å². The Labute approximate surface area is 61.9 Å². The quantitative estimate of drug-likeness (QED) is 0.543. The predicted octanol–water partition coefficient (Wildman–Crippen LogP) is 1.08. The molecule has 0 amide bonds. The predicted molar refractivity (Wildman–Crippen MR) is 39.5 cm³/mol. The topological polar surface area (TPSA) is 21.3 Å². The van der Waals surface area contributed by atoms with Gasteiger partial charge in [-0.1, -0.05) is 6.42 Å². The maximum absolute atomic E-state index is 5.25. The van der Waals surface area contributed by atoms with Crippen molar-refractivity contribution in [2.24, 2.45) is 0 Å². The Bertz CT molecular complexity index is 110. The third-order valence-electron chi connectivity index (χ3n) is 2.50. The van der Waals surface area contributed by atoms with Crippen molar-refractivity contribution in [3.05, 3.63) is 6.61 Å². The van der Waals surface area contributed by atoms with Gasteiger partial charge in [0.25, 0.3) is 0 Å². The summed E-state index contributed by atoms with van der Waals surface area (Å²) in [5, 5.41) is 3.51. The molecule has 57 valence electrons. The van der Waals surface area contributed by atoms with Gasteiger partial charge in [-0.2, -0.15) is 0 Å². The van der Waals surface area contributed by atoms with Crippen molar-refractivity contribution in [1.29, 1.82) is 0 Å². The highest BCUT2D eigenvalue weighted by atomic mass is 16.5. The molecule has 0 aromatic heterocycles. The second kappa shape index (κ2) is 2.51. The van der Waals surface area contributed by atoms with E-state index in [1.807, 2.05) is 6.61 Å². The molecule has 1 spiro atoms. The second-order valence-corrected chi connectivity index (χ2v) is 3.28. The molecule has 1 N–H and O–H groups in total. The second-order valence-electron chi connectivity index (χ2n) is 3.28. The van der Waals surface area contributed by atoms with Crippen LogP contribution in [-0.2, 0) is 4.74 Å². The number of hydrogen-bond acceptors (Lipinski definition) is 2. The summed E-state index contributed by atoms with van der Waals surface area (Å²) >= 11 is 0. The maximum atomic E-state index is 5.25. The molecule has 2 aliphatic heterocycles. The summed E-state index contributed by atoms with van der Waals surface area (Å²) in [5.74, 6) is 0. The van der Waals surface area contributed by atoms with E-state index in [4.69, 9.17) is 4.74 Å². The lowest BCUT2D eigenvalue weighted by Crippen LogP contribution is -2.46. The van der Waals surface area contributed by atoms with Crippen molar-refractivity contribution in [3.63, 3.8) is 0 Å². The monoisotopic (exact) mass is 140 g/mol. The van der Waals surface area contributed by atoms with Crippen LogP contribution in [0.5, 0.6) is 0 Å². The zero-order valence-corrected chi connectivity index (χ0v) is 6.23. The van der Waals surface area contributed by atoms with E-state index in [9.17, 15) is 0 Å². The standard InChI is InChI=1S/C8H14NO/c1-2-5-9-8(3-1)4-6-10-7-8/h7,9H,1-6H2. The summed E-state index contributed by atoms with van der Waals surface area (Å²) in [6, 6.07) is 0. The number of ether oxygens (including phenoxy) is 1. The zero-order valence-electron chi connectivity index (χ0n) is 6.23. The van der Waals surface area contributed by atoms with Gasteiger partial charge in [0, 0.05) is 12.1 Å². The van der Waals surface area contributed by atoms with Crippen LogP contribution in [0.4, 0.5) is 0 Å².